The Morgan fingerprint density at radius 2 is 1.89 bits per heavy atom. The second-order valence-electron chi connectivity index (χ2n) is 6.68. The minimum atomic E-state index is -0.687. The molecule has 1 aromatic heterocycles. The summed E-state index contributed by atoms with van der Waals surface area (Å²) >= 11 is 6.10. The van der Waals surface area contributed by atoms with Crippen molar-refractivity contribution in [3.63, 3.8) is 0 Å². The number of imidazole rings is 1. The lowest BCUT2D eigenvalue weighted by atomic mass is 10.2. The summed E-state index contributed by atoms with van der Waals surface area (Å²) in [5.74, 6) is 0.323. The molecule has 3 aromatic rings. The molecule has 0 saturated heterocycles. The molecule has 0 saturated carbocycles. The fourth-order valence-corrected chi connectivity index (χ4v) is 3.49. The van der Waals surface area contributed by atoms with Gasteiger partial charge in [-0.15, -0.1) is 0 Å². The van der Waals surface area contributed by atoms with Crippen LogP contribution >= 0.6 is 11.6 Å². The normalized spacial score (nSPS) is 14.0. The second kappa shape index (κ2) is 7.52. The highest BCUT2D eigenvalue weighted by molar-refractivity contribution is 6.31. The van der Waals surface area contributed by atoms with E-state index in [-0.39, 0.29) is 11.9 Å². The molecular formula is C20H20ClN5O2. The van der Waals surface area contributed by atoms with Crippen molar-refractivity contribution in [1.82, 2.24) is 20.2 Å². The van der Waals surface area contributed by atoms with Crippen molar-refractivity contribution in [2.24, 2.45) is 0 Å². The molecule has 0 fully saturated rings. The number of halogens is 1. The van der Waals surface area contributed by atoms with Gasteiger partial charge in [-0.05, 0) is 30.7 Å². The van der Waals surface area contributed by atoms with Crippen LogP contribution in [0, 0.1) is 0 Å². The molecule has 0 bridgehead atoms. The van der Waals surface area contributed by atoms with E-state index in [0.29, 0.717) is 30.6 Å². The molecule has 3 amide bonds. The lowest BCUT2D eigenvalue weighted by molar-refractivity contribution is -0.122. The van der Waals surface area contributed by atoms with Crippen molar-refractivity contribution >= 4 is 40.5 Å². The first-order valence-corrected chi connectivity index (χ1v) is 9.47. The molecule has 2 N–H and O–H groups in total. The summed E-state index contributed by atoms with van der Waals surface area (Å²) in [4.78, 5) is 31.2. The van der Waals surface area contributed by atoms with Crippen molar-refractivity contribution < 1.29 is 9.59 Å². The Morgan fingerprint density at radius 1 is 1.14 bits per heavy atom. The second-order valence-corrected chi connectivity index (χ2v) is 7.09. The Kier molecular flexibility index (Phi) is 4.92. The molecule has 7 nitrogen and oxygen atoms in total. The molecule has 8 heteroatoms. The predicted molar refractivity (Wildman–Crippen MR) is 108 cm³/mol. The number of carbonyl (C=O) groups is 2. The molecule has 2 heterocycles. The summed E-state index contributed by atoms with van der Waals surface area (Å²) in [6.45, 7) is 3.15. The van der Waals surface area contributed by atoms with E-state index in [9.17, 15) is 9.59 Å². The van der Waals surface area contributed by atoms with Crippen LogP contribution in [-0.4, -0.2) is 34.1 Å². The molecule has 1 atom stereocenters. The van der Waals surface area contributed by atoms with E-state index < -0.39 is 6.04 Å². The maximum atomic E-state index is 12.7. The van der Waals surface area contributed by atoms with Gasteiger partial charge in [-0.3, -0.25) is 9.69 Å². The lowest BCUT2D eigenvalue weighted by Gasteiger charge is -2.19. The van der Waals surface area contributed by atoms with E-state index in [1.54, 1.807) is 17.9 Å². The largest absolute Gasteiger partial charge is 0.350 e. The SMILES string of the molecule is CC(NC(=O)N1CCn2c1nc1ccccc12)C(=O)NCc1ccccc1Cl. The van der Waals surface area contributed by atoms with Gasteiger partial charge in [0.15, 0.2) is 0 Å². The number of hydrogen-bond donors (Lipinski definition) is 2. The maximum Gasteiger partial charge on any atom is 0.324 e. The highest BCUT2D eigenvalue weighted by atomic mass is 35.5. The van der Waals surface area contributed by atoms with Crippen molar-refractivity contribution in [2.75, 3.05) is 11.4 Å². The number of carbonyl (C=O) groups excluding carboxylic acids is 2. The Morgan fingerprint density at radius 3 is 2.71 bits per heavy atom. The zero-order valence-corrected chi connectivity index (χ0v) is 16.1. The molecule has 1 aliphatic heterocycles. The van der Waals surface area contributed by atoms with Gasteiger partial charge in [0.25, 0.3) is 0 Å². The van der Waals surface area contributed by atoms with Gasteiger partial charge in [-0.1, -0.05) is 41.9 Å². The van der Waals surface area contributed by atoms with Crippen LogP contribution in [0.3, 0.4) is 0 Å². The molecular weight excluding hydrogens is 378 g/mol. The van der Waals surface area contributed by atoms with Gasteiger partial charge in [0.1, 0.15) is 6.04 Å². The fourth-order valence-electron chi connectivity index (χ4n) is 3.29. The average Bonchev–Trinajstić information content (AvgIpc) is 3.26. The Bertz CT molecular complexity index is 1050. The maximum absolute atomic E-state index is 12.7. The van der Waals surface area contributed by atoms with E-state index in [2.05, 4.69) is 15.6 Å². The minimum absolute atomic E-state index is 0.277. The lowest BCUT2D eigenvalue weighted by Crippen LogP contribution is -2.49. The third-order valence-electron chi connectivity index (χ3n) is 4.81. The number of rotatable bonds is 4. The summed E-state index contributed by atoms with van der Waals surface area (Å²) in [6, 6.07) is 14.1. The molecule has 1 unspecified atom stereocenters. The third-order valence-corrected chi connectivity index (χ3v) is 5.18. The van der Waals surface area contributed by atoms with Crippen LogP contribution < -0.4 is 15.5 Å². The molecule has 2 aromatic carbocycles. The number of benzene rings is 2. The van der Waals surface area contributed by atoms with Gasteiger partial charge in [0, 0.05) is 24.7 Å². The average molecular weight is 398 g/mol. The van der Waals surface area contributed by atoms with E-state index in [1.807, 2.05) is 47.0 Å². The number of amides is 3. The van der Waals surface area contributed by atoms with E-state index in [0.717, 1.165) is 16.6 Å². The van der Waals surface area contributed by atoms with Gasteiger partial charge in [0.2, 0.25) is 11.9 Å². The topological polar surface area (TPSA) is 79.3 Å². The highest BCUT2D eigenvalue weighted by Crippen LogP contribution is 2.27. The zero-order valence-electron chi connectivity index (χ0n) is 15.4. The van der Waals surface area contributed by atoms with Crippen LogP contribution in [0.2, 0.25) is 5.02 Å². The van der Waals surface area contributed by atoms with Crippen molar-refractivity contribution in [3.05, 3.63) is 59.1 Å². The number of urea groups is 1. The number of hydrogen-bond acceptors (Lipinski definition) is 3. The van der Waals surface area contributed by atoms with E-state index in [1.165, 1.54) is 0 Å². The number of fused-ring (bicyclic) bond motifs is 3. The predicted octanol–water partition coefficient (Wildman–Crippen LogP) is 2.92. The number of nitrogens with zero attached hydrogens (tertiary/aromatic N) is 3. The fraction of sp³-hybridized carbons (Fsp3) is 0.250. The highest BCUT2D eigenvalue weighted by Gasteiger charge is 2.29. The van der Waals surface area contributed by atoms with Crippen LogP contribution in [0.25, 0.3) is 11.0 Å². The number of nitrogens with one attached hydrogen (secondary N) is 2. The van der Waals surface area contributed by atoms with Gasteiger partial charge < -0.3 is 15.2 Å². The Balaban J connectivity index is 1.39. The summed E-state index contributed by atoms with van der Waals surface area (Å²) in [5.41, 5.74) is 2.67. The Labute approximate surface area is 167 Å². The van der Waals surface area contributed by atoms with E-state index in [4.69, 9.17) is 11.6 Å². The minimum Gasteiger partial charge on any atom is -0.350 e. The van der Waals surface area contributed by atoms with Gasteiger partial charge >= 0.3 is 6.03 Å². The quantitative estimate of drug-likeness (QED) is 0.710. The van der Waals surface area contributed by atoms with Gasteiger partial charge in [-0.2, -0.15) is 0 Å². The van der Waals surface area contributed by atoms with Crippen molar-refractivity contribution in [1.29, 1.82) is 0 Å². The molecule has 4 rings (SSSR count). The summed E-state index contributed by atoms with van der Waals surface area (Å²) in [7, 11) is 0. The van der Waals surface area contributed by atoms with Crippen LogP contribution in [0.15, 0.2) is 48.5 Å². The van der Waals surface area contributed by atoms with Crippen LogP contribution in [-0.2, 0) is 17.9 Å². The smallest absolute Gasteiger partial charge is 0.324 e. The summed E-state index contributed by atoms with van der Waals surface area (Å²) in [6.07, 6.45) is 0. The molecule has 0 spiro atoms. The van der Waals surface area contributed by atoms with Crippen LogP contribution in [0.4, 0.5) is 10.7 Å². The monoisotopic (exact) mass is 397 g/mol. The molecule has 144 valence electrons. The van der Waals surface area contributed by atoms with Gasteiger partial charge in [0.05, 0.1) is 11.0 Å². The zero-order chi connectivity index (χ0) is 19.7. The number of para-hydroxylation sites is 2. The molecule has 1 aliphatic rings. The summed E-state index contributed by atoms with van der Waals surface area (Å²) in [5, 5.41) is 6.14. The number of aromatic nitrogens is 2. The van der Waals surface area contributed by atoms with Crippen LogP contribution in [0.5, 0.6) is 0 Å². The van der Waals surface area contributed by atoms with Crippen LogP contribution in [0.1, 0.15) is 12.5 Å². The van der Waals surface area contributed by atoms with Crippen molar-refractivity contribution in [2.45, 2.75) is 26.1 Å². The van der Waals surface area contributed by atoms with E-state index >= 15 is 0 Å². The summed E-state index contributed by atoms with van der Waals surface area (Å²) < 4.78 is 2.01. The molecule has 0 aliphatic carbocycles. The molecule has 0 radical (unpaired) electrons. The first-order chi connectivity index (χ1) is 13.5. The first-order valence-electron chi connectivity index (χ1n) is 9.09. The number of anilines is 1. The Hall–Kier alpha value is -3.06. The standard InChI is InChI=1S/C20H20ClN5O2/c1-13(18(27)22-12-14-6-2-3-7-15(14)21)23-20(28)26-11-10-25-17-9-5-4-8-16(17)24-19(25)26/h2-9,13H,10-12H2,1H3,(H,22,27)(H,23,28). The van der Waals surface area contributed by atoms with Crippen molar-refractivity contribution in [3.8, 4) is 0 Å². The van der Waals surface area contributed by atoms with Gasteiger partial charge in [-0.25, -0.2) is 9.78 Å². The first kappa shape index (κ1) is 18.3. The third kappa shape index (κ3) is 3.41. The molecule has 28 heavy (non-hydrogen) atoms.